The van der Waals surface area contributed by atoms with Crippen molar-refractivity contribution in [2.45, 2.75) is 109 Å². The minimum atomic E-state index is -1.83. The SMILES string of the molecule is C[Si](Cl)(Cl)CCCCCCCCCCCCCCCCCO. The summed E-state index contributed by atoms with van der Waals surface area (Å²) in [6, 6.07) is 1.05. The predicted octanol–water partition coefficient (Wildman–Crippen LogP) is 7.38. The summed E-state index contributed by atoms with van der Waals surface area (Å²) < 4.78 is 0. The molecule has 1 N–H and O–H groups in total. The van der Waals surface area contributed by atoms with Crippen LogP contribution in [0.15, 0.2) is 0 Å². The van der Waals surface area contributed by atoms with E-state index in [1.807, 2.05) is 6.55 Å². The lowest BCUT2D eigenvalue weighted by Gasteiger charge is -2.09. The third kappa shape index (κ3) is 20.8. The van der Waals surface area contributed by atoms with Crippen molar-refractivity contribution in [2.75, 3.05) is 6.61 Å². The average Bonchev–Trinajstić information content (AvgIpc) is 2.45. The van der Waals surface area contributed by atoms with Gasteiger partial charge in [-0.2, -0.15) is 0 Å². The Morgan fingerprint density at radius 3 is 1.09 bits per heavy atom. The second-order valence-corrected chi connectivity index (χ2v) is 15.1. The van der Waals surface area contributed by atoms with Gasteiger partial charge in [-0.05, 0) is 19.0 Å². The Morgan fingerprint density at radius 1 is 0.545 bits per heavy atom. The van der Waals surface area contributed by atoms with Crippen molar-refractivity contribution in [3.8, 4) is 0 Å². The highest BCUT2D eigenvalue weighted by molar-refractivity contribution is 7.44. The number of hydrogen-bond acceptors (Lipinski definition) is 1. The fourth-order valence-electron chi connectivity index (χ4n) is 2.85. The molecular weight excluding hydrogens is 331 g/mol. The van der Waals surface area contributed by atoms with E-state index in [4.69, 9.17) is 27.3 Å². The van der Waals surface area contributed by atoms with Gasteiger partial charge in [0, 0.05) is 6.61 Å². The smallest absolute Gasteiger partial charge is 0.248 e. The van der Waals surface area contributed by atoms with Crippen molar-refractivity contribution in [1.82, 2.24) is 0 Å². The average molecular weight is 369 g/mol. The van der Waals surface area contributed by atoms with E-state index in [1.165, 1.54) is 89.9 Å². The minimum absolute atomic E-state index is 0.362. The van der Waals surface area contributed by atoms with Crippen molar-refractivity contribution < 1.29 is 5.11 Å². The summed E-state index contributed by atoms with van der Waals surface area (Å²) in [6.45, 7) is 0.550. The van der Waals surface area contributed by atoms with Crippen LogP contribution in [0.2, 0.25) is 12.6 Å². The van der Waals surface area contributed by atoms with Crippen molar-refractivity contribution >= 4 is 28.9 Å². The maximum atomic E-state index is 8.69. The molecule has 0 atom stereocenters. The summed E-state index contributed by atoms with van der Waals surface area (Å²) in [5.41, 5.74) is 0. The number of hydrogen-bond donors (Lipinski definition) is 1. The molecule has 0 bridgehead atoms. The van der Waals surface area contributed by atoms with E-state index in [0.717, 1.165) is 12.5 Å². The number of rotatable bonds is 17. The summed E-state index contributed by atoms with van der Waals surface area (Å²) in [4.78, 5) is 0. The standard InChI is InChI=1S/C18H38Cl2OSi/c1-22(19,20)18-16-14-12-10-8-6-4-2-3-5-7-9-11-13-15-17-21/h21H,2-18H2,1H3. The van der Waals surface area contributed by atoms with E-state index < -0.39 is 6.69 Å². The Bertz CT molecular complexity index is 220. The molecule has 4 heteroatoms. The first-order valence-corrected chi connectivity index (χ1v) is 14.3. The first-order valence-electron chi connectivity index (χ1n) is 9.55. The quantitative estimate of drug-likeness (QED) is 0.161. The molecule has 0 aromatic rings. The van der Waals surface area contributed by atoms with Gasteiger partial charge in [-0.15, -0.1) is 22.2 Å². The van der Waals surface area contributed by atoms with Gasteiger partial charge in [0.25, 0.3) is 0 Å². The summed E-state index contributed by atoms with van der Waals surface area (Å²) in [6.07, 6.45) is 19.9. The number of unbranched alkanes of at least 4 members (excludes halogenated alkanes) is 14. The Hall–Kier alpha value is 0.757. The van der Waals surface area contributed by atoms with E-state index in [1.54, 1.807) is 0 Å². The van der Waals surface area contributed by atoms with E-state index in [9.17, 15) is 0 Å². The maximum Gasteiger partial charge on any atom is 0.248 e. The first kappa shape index (κ1) is 22.8. The fraction of sp³-hybridized carbons (Fsp3) is 1.00. The molecule has 0 fully saturated rings. The molecule has 0 radical (unpaired) electrons. The van der Waals surface area contributed by atoms with Gasteiger partial charge in [-0.25, -0.2) is 0 Å². The second-order valence-electron chi connectivity index (χ2n) is 6.85. The van der Waals surface area contributed by atoms with Crippen molar-refractivity contribution in [3.63, 3.8) is 0 Å². The molecule has 0 rings (SSSR count). The van der Waals surface area contributed by atoms with E-state index in [-0.39, 0.29) is 0 Å². The first-order chi connectivity index (χ1) is 10.6. The highest BCUT2D eigenvalue weighted by Gasteiger charge is 2.19. The topological polar surface area (TPSA) is 20.2 Å². The van der Waals surface area contributed by atoms with Crippen LogP contribution in [-0.4, -0.2) is 18.4 Å². The van der Waals surface area contributed by atoms with Crippen LogP contribution in [0.5, 0.6) is 0 Å². The molecule has 0 amide bonds. The van der Waals surface area contributed by atoms with Gasteiger partial charge in [-0.1, -0.05) is 89.9 Å². The fourth-order valence-corrected chi connectivity index (χ4v) is 4.52. The lowest BCUT2D eigenvalue weighted by molar-refractivity contribution is 0.282. The van der Waals surface area contributed by atoms with Crippen molar-refractivity contribution in [2.24, 2.45) is 0 Å². The summed E-state index contributed by atoms with van der Waals surface area (Å²) in [5, 5.41) is 8.69. The van der Waals surface area contributed by atoms with Gasteiger partial charge in [-0.3, -0.25) is 0 Å². The molecule has 0 aliphatic carbocycles. The van der Waals surface area contributed by atoms with Crippen LogP contribution in [0.25, 0.3) is 0 Å². The van der Waals surface area contributed by atoms with Crippen LogP contribution in [0, 0.1) is 0 Å². The molecule has 0 spiro atoms. The second kappa shape index (κ2) is 16.6. The molecule has 0 heterocycles. The molecule has 0 unspecified atom stereocenters. The predicted molar refractivity (Wildman–Crippen MR) is 104 cm³/mol. The van der Waals surface area contributed by atoms with E-state index in [0.29, 0.717) is 6.61 Å². The lowest BCUT2D eigenvalue weighted by Crippen LogP contribution is -2.11. The molecule has 0 aliphatic heterocycles. The van der Waals surface area contributed by atoms with Crippen LogP contribution in [0.4, 0.5) is 0 Å². The summed E-state index contributed by atoms with van der Waals surface area (Å²) in [5.74, 6) is 0. The molecule has 1 nitrogen and oxygen atoms in total. The monoisotopic (exact) mass is 368 g/mol. The number of aliphatic hydroxyl groups excluding tert-OH is 1. The molecule has 0 saturated carbocycles. The van der Waals surface area contributed by atoms with Crippen LogP contribution in [0.1, 0.15) is 96.3 Å². The lowest BCUT2D eigenvalue weighted by atomic mass is 10.0. The Morgan fingerprint density at radius 2 is 0.818 bits per heavy atom. The van der Waals surface area contributed by atoms with Crippen LogP contribution >= 0.6 is 22.2 Å². The summed E-state index contributed by atoms with van der Waals surface area (Å²) in [7, 11) is 0. The minimum Gasteiger partial charge on any atom is -0.396 e. The molecule has 0 aromatic heterocycles. The van der Waals surface area contributed by atoms with Crippen LogP contribution in [0.3, 0.4) is 0 Å². The van der Waals surface area contributed by atoms with Gasteiger partial charge in [0.1, 0.15) is 0 Å². The molecular formula is C18H38Cl2OSi. The van der Waals surface area contributed by atoms with Crippen molar-refractivity contribution in [3.05, 3.63) is 0 Å². The van der Waals surface area contributed by atoms with Gasteiger partial charge in [0.05, 0.1) is 0 Å². The van der Waals surface area contributed by atoms with Gasteiger partial charge in [0.2, 0.25) is 6.69 Å². The van der Waals surface area contributed by atoms with Gasteiger partial charge >= 0.3 is 0 Å². The zero-order chi connectivity index (χ0) is 16.5. The van der Waals surface area contributed by atoms with Crippen molar-refractivity contribution in [1.29, 1.82) is 0 Å². The third-order valence-electron chi connectivity index (χ3n) is 4.27. The van der Waals surface area contributed by atoms with E-state index >= 15 is 0 Å². The number of halogens is 2. The maximum absolute atomic E-state index is 8.69. The normalized spacial score (nSPS) is 12.0. The Balaban J connectivity index is 3.00. The van der Waals surface area contributed by atoms with Crippen LogP contribution in [-0.2, 0) is 0 Å². The zero-order valence-electron chi connectivity index (χ0n) is 14.7. The highest BCUT2D eigenvalue weighted by Crippen LogP contribution is 2.23. The van der Waals surface area contributed by atoms with Gasteiger partial charge < -0.3 is 5.11 Å². The van der Waals surface area contributed by atoms with Gasteiger partial charge in [0.15, 0.2) is 0 Å². The Labute approximate surface area is 149 Å². The molecule has 0 aliphatic rings. The largest absolute Gasteiger partial charge is 0.396 e. The Kier molecular flexibility index (Phi) is 17.2. The van der Waals surface area contributed by atoms with Crippen LogP contribution < -0.4 is 0 Å². The molecule has 0 saturated heterocycles. The number of aliphatic hydroxyl groups is 1. The third-order valence-corrected chi connectivity index (χ3v) is 6.64. The van der Waals surface area contributed by atoms with E-state index in [2.05, 4.69) is 0 Å². The molecule has 0 aromatic carbocycles. The zero-order valence-corrected chi connectivity index (χ0v) is 17.2. The summed E-state index contributed by atoms with van der Waals surface area (Å²) >= 11 is 12.2. The highest BCUT2D eigenvalue weighted by atomic mass is 35.7. The molecule has 134 valence electrons. The molecule has 22 heavy (non-hydrogen) atoms.